The number of rotatable bonds is 4. The van der Waals surface area contributed by atoms with Crippen LogP contribution in [0.25, 0.3) is 0 Å². The molecule has 0 N–H and O–H groups in total. The topological polar surface area (TPSA) is 46.6 Å². The molecule has 0 saturated carbocycles. The van der Waals surface area contributed by atoms with Crippen molar-refractivity contribution in [3.63, 3.8) is 0 Å². The van der Waals surface area contributed by atoms with Crippen molar-refractivity contribution < 1.29 is 13.2 Å². The predicted octanol–water partition coefficient (Wildman–Crippen LogP) is 4.22. The molecule has 1 aliphatic carbocycles. The molecule has 154 valence electrons. The zero-order valence-corrected chi connectivity index (χ0v) is 17.7. The van der Waals surface area contributed by atoms with Crippen molar-refractivity contribution in [2.45, 2.75) is 49.8 Å². The van der Waals surface area contributed by atoms with E-state index in [4.69, 9.17) is 4.74 Å². The second-order valence-corrected chi connectivity index (χ2v) is 10.8. The largest absolute Gasteiger partial charge is 0.493 e. The zero-order chi connectivity index (χ0) is 19.8. The van der Waals surface area contributed by atoms with Crippen LogP contribution in [0.5, 0.6) is 5.75 Å². The minimum absolute atomic E-state index is 0.420. The van der Waals surface area contributed by atoms with Gasteiger partial charge in [0.2, 0.25) is 10.0 Å². The molecule has 2 heterocycles. The third-order valence-corrected chi connectivity index (χ3v) is 8.88. The first-order valence-electron chi connectivity index (χ1n) is 10.9. The maximum atomic E-state index is 13.1. The molecule has 1 saturated heterocycles. The lowest BCUT2D eigenvalue weighted by Crippen LogP contribution is -2.39. The van der Waals surface area contributed by atoms with Crippen LogP contribution in [0.2, 0.25) is 0 Å². The Kier molecular flexibility index (Phi) is 5.12. The molecule has 0 radical (unpaired) electrons. The Labute approximate surface area is 173 Å². The summed E-state index contributed by atoms with van der Waals surface area (Å²) in [4.78, 5) is 0.420. The SMILES string of the molecule is O=S(=O)(c1ccc2c(c1)CCO2)N1CCC(CC2CCc3ccccc3C2)CC1. The van der Waals surface area contributed by atoms with Crippen molar-refractivity contribution in [1.29, 1.82) is 0 Å². The Morgan fingerprint density at radius 1 is 0.897 bits per heavy atom. The first kappa shape index (κ1) is 19.1. The van der Waals surface area contributed by atoms with Crippen molar-refractivity contribution in [2.24, 2.45) is 11.8 Å². The van der Waals surface area contributed by atoms with E-state index >= 15 is 0 Å². The van der Waals surface area contributed by atoms with Crippen molar-refractivity contribution >= 4 is 10.0 Å². The molecule has 5 heteroatoms. The minimum atomic E-state index is -3.40. The fourth-order valence-corrected chi connectivity index (χ4v) is 6.82. The van der Waals surface area contributed by atoms with Crippen LogP contribution < -0.4 is 4.74 Å². The highest BCUT2D eigenvalue weighted by atomic mass is 32.2. The van der Waals surface area contributed by atoms with Gasteiger partial charge in [-0.25, -0.2) is 8.42 Å². The Balaban J connectivity index is 1.19. The lowest BCUT2D eigenvalue weighted by Gasteiger charge is -2.34. The summed E-state index contributed by atoms with van der Waals surface area (Å²) in [6, 6.07) is 14.1. The van der Waals surface area contributed by atoms with Crippen molar-refractivity contribution in [2.75, 3.05) is 19.7 Å². The first-order chi connectivity index (χ1) is 14.1. The maximum absolute atomic E-state index is 13.1. The third kappa shape index (κ3) is 3.82. The van der Waals surface area contributed by atoms with E-state index in [1.54, 1.807) is 10.4 Å². The average Bonchev–Trinajstić information content (AvgIpc) is 3.22. The molecule has 2 aliphatic heterocycles. The molecule has 5 rings (SSSR count). The number of piperidine rings is 1. The van der Waals surface area contributed by atoms with Gasteiger partial charge in [-0.05, 0) is 85.3 Å². The molecule has 4 nitrogen and oxygen atoms in total. The van der Waals surface area contributed by atoms with E-state index in [1.807, 2.05) is 12.1 Å². The smallest absolute Gasteiger partial charge is 0.243 e. The standard InChI is InChI=1S/C24H29NO3S/c26-29(27,23-7-8-24-22(17-23)11-14-28-24)25-12-9-18(10-13-25)15-19-5-6-20-3-1-2-4-21(20)16-19/h1-4,7-8,17-19H,5-6,9-16H2. The highest BCUT2D eigenvalue weighted by Gasteiger charge is 2.31. The van der Waals surface area contributed by atoms with Gasteiger partial charge in [0.05, 0.1) is 11.5 Å². The van der Waals surface area contributed by atoms with E-state index in [-0.39, 0.29) is 0 Å². The summed E-state index contributed by atoms with van der Waals surface area (Å²) in [5, 5.41) is 0. The van der Waals surface area contributed by atoms with Crippen LogP contribution in [0, 0.1) is 11.8 Å². The van der Waals surface area contributed by atoms with Gasteiger partial charge in [0.25, 0.3) is 0 Å². The van der Waals surface area contributed by atoms with Crippen LogP contribution in [0.4, 0.5) is 0 Å². The number of aryl methyl sites for hydroxylation is 1. The fraction of sp³-hybridized carbons (Fsp3) is 0.500. The van der Waals surface area contributed by atoms with E-state index in [0.29, 0.717) is 30.5 Å². The molecule has 0 spiro atoms. The molecule has 1 unspecified atom stereocenters. The van der Waals surface area contributed by atoms with Crippen LogP contribution in [-0.2, 0) is 29.3 Å². The summed E-state index contributed by atoms with van der Waals surface area (Å²) in [5.41, 5.74) is 4.05. The summed E-state index contributed by atoms with van der Waals surface area (Å²) < 4.78 is 33.4. The van der Waals surface area contributed by atoms with E-state index in [2.05, 4.69) is 24.3 Å². The van der Waals surface area contributed by atoms with Gasteiger partial charge in [-0.2, -0.15) is 4.31 Å². The van der Waals surface area contributed by atoms with Crippen molar-refractivity contribution in [1.82, 2.24) is 4.31 Å². The maximum Gasteiger partial charge on any atom is 0.243 e. The molecule has 0 aromatic heterocycles. The van der Waals surface area contributed by atoms with Gasteiger partial charge in [0, 0.05) is 19.5 Å². The summed E-state index contributed by atoms with van der Waals surface area (Å²) in [6.07, 6.45) is 7.63. The molecule has 1 atom stereocenters. The molecule has 3 aliphatic rings. The van der Waals surface area contributed by atoms with E-state index in [0.717, 1.165) is 36.5 Å². The molecule has 0 bridgehead atoms. The van der Waals surface area contributed by atoms with Crippen molar-refractivity contribution in [3.05, 3.63) is 59.2 Å². The molecule has 0 amide bonds. The number of ether oxygens (including phenoxy) is 1. The van der Waals surface area contributed by atoms with Gasteiger partial charge < -0.3 is 4.74 Å². The summed E-state index contributed by atoms with van der Waals surface area (Å²) in [6.45, 7) is 1.93. The van der Waals surface area contributed by atoms with E-state index in [1.165, 1.54) is 36.8 Å². The third-order valence-electron chi connectivity index (χ3n) is 6.99. The van der Waals surface area contributed by atoms with Crippen LogP contribution in [0.3, 0.4) is 0 Å². The lowest BCUT2D eigenvalue weighted by molar-refractivity contribution is 0.229. The van der Waals surface area contributed by atoms with Gasteiger partial charge >= 0.3 is 0 Å². The fourth-order valence-electron chi connectivity index (χ4n) is 5.30. The Hall–Kier alpha value is -1.85. The molecular weight excluding hydrogens is 382 g/mol. The number of nitrogens with zero attached hydrogens (tertiary/aromatic N) is 1. The predicted molar refractivity (Wildman–Crippen MR) is 114 cm³/mol. The second-order valence-electron chi connectivity index (χ2n) is 8.83. The Morgan fingerprint density at radius 2 is 1.69 bits per heavy atom. The molecule has 2 aromatic carbocycles. The zero-order valence-electron chi connectivity index (χ0n) is 16.8. The molecule has 2 aromatic rings. The quantitative estimate of drug-likeness (QED) is 0.757. The van der Waals surface area contributed by atoms with Gasteiger partial charge in [-0.15, -0.1) is 0 Å². The van der Waals surface area contributed by atoms with Crippen LogP contribution >= 0.6 is 0 Å². The summed E-state index contributed by atoms with van der Waals surface area (Å²) in [5.74, 6) is 2.22. The lowest BCUT2D eigenvalue weighted by atomic mass is 9.77. The Bertz CT molecular complexity index is 993. The van der Waals surface area contributed by atoms with Crippen LogP contribution in [-0.4, -0.2) is 32.4 Å². The summed E-state index contributed by atoms with van der Waals surface area (Å²) in [7, 11) is -3.40. The number of sulfonamides is 1. The molecule has 29 heavy (non-hydrogen) atoms. The van der Waals surface area contributed by atoms with Crippen LogP contribution in [0.15, 0.2) is 47.4 Å². The molecule has 1 fully saturated rings. The van der Waals surface area contributed by atoms with Gasteiger partial charge in [0.15, 0.2) is 0 Å². The number of benzene rings is 2. The highest BCUT2D eigenvalue weighted by molar-refractivity contribution is 7.89. The second kappa shape index (κ2) is 7.77. The van der Waals surface area contributed by atoms with E-state index < -0.39 is 10.0 Å². The number of fused-ring (bicyclic) bond motifs is 2. The van der Waals surface area contributed by atoms with Gasteiger partial charge in [-0.3, -0.25) is 0 Å². The molecular formula is C24H29NO3S. The normalized spacial score (nSPS) is 22.7. The van der Waals surface area contributed by atoms with Crippen LogP contribution in [0.1, 0.15) is 42.4 Å². The van der Waals surface area contributed by atoms with Gasteiger partial charge in [0.1, 0.15) is 5.75 Å². The Morgan fingerprint density at radius 3 is 2.52 bits per heavy atom. The van der Waals surface area contributed by atoms with E-state index in [9.17, 15) is 8.42 Å². The first-order valence-corrected chi connectivity index (χ1v) is 12.4. The highest BCUT2D eigenvalue weighted by Crippen LogP contribution is 2.35. The monoisotopic (exact) mass is 411 g/mol. The summed E-state index contributed by atoms with van der Waals surface area (Å²) >= 11 is 0. The van der Waals surface area contributed by atoms with Gasteiger partial charge in [-0.1, -0.05) is 24.3 Å². The number of hydrogen-bond donors (Lipinski definition) is 0. The van der Waals surface area contributed by atoms with Crippen molar-refractivity contribution in [3.8, 4) is 5.75 Å². The average molecular weight is 412 g/mol. The number of hydrogen-bond acceptors (Lipinski definition) is 3. The minimum Gasteiger partial charge on any atom is -0.493 e.